The molecule has 0 unspecified atom stereocenters. The minimum Gasteiger partial charge on any atom is -0.412 e. The van der Waals surface area contributed by atoms with Gasteiger partial charge in [-0.05, 0) is 119 Å². The van der Waals surface area contributed by atoms with E-state index in [1.165, 1.54) is 0 Å². The van der Waals surface area contributed by atoms with E-state index >= 15 is 0 Å². The standard InChI is InChI=1S/C45H33N7O3/c1-26-2-4-27(5-3-26)42-34-18-20-36(48-34)43(28-6-12-31(52-53)13-7-28)37-21-23-39(50-37)45(30-10-16-33(55-47)17-11-30)41-25-24-40(51-41)44(38-22-19-35(42)49-38)29-8-14-32(54-46)15-9-29/h2-25,48,51H,46-47H2,1H3. The van der Waals surface area contributed by atoms with Gasteiger partial charge in [0.25, 0.3) is 0 Å². The van der Waals surface area contributed by atoms with E-state index in [1.807, 2.05) is 72.8 Å². The Morgan fingerprint density at radius 3 is 1.07 bits per heavy atom. The fourth-order valence-electron chi connectivity index (χ4n) is 7.23. The Kier molecular flexibility index (Phi) is 8.43. The number of nitroso groups, excluding NO2 is 1. The third-order valence-corrected chi connectivity index (χ3v) is 9.91. The predicted octanol–water partition coefficient (Wildman–Crippen LogP) is 10.5. The van der Waals surface area contributed by atoms with Gasteiger partial charge in [-0.1, -0.05) is 66.2 Å². The van der Waals surface area contributed by atoms with Gasteiger partial charge in [-0.3, -0.25) is 0 Å². The van der Waals surface area contributed by atoms with E-state index in [-0.39, 0.29) is 0 Å². The van der Waals surface area contributed by atoms with Gasteiger partial charge in [-0.2, -0.15) is 11.8 Å². The third kappa shape index (κ3) is 6.17. The minimum absolute atomic E-state index is 0.344. The largest absolute Gasteiger partial charge is 0.412 e. The molecule has 8 bridgehead atoms. The molecule has 0 saturated carbocycles. The topological polar surface area (TPSA) is 157 Å². The van der Waals surface area contributed by atoms with Gasteiger partial charge >= 0.3 is 0 Å². The summed E-state index contributed by atoms with van der Waals surface area (Å²) in [4.78, 5) is 39.5. The number of aromatic nitrogens is 4. The monoisotopic (exact) mass is 719 g/mol. The molecule has 10 heteroatoms. The van der Waals surface area contributed by atoms with Crippen molar-refractivity contribution >= 4 is 52.1 Å². The molecule has 9 rings (SSSR count). The molecular weight excluding hydrogens is 687 g/mol. The van der Waals surface area contributed by atoms with Crippen molar-refractivity contribution in [2.45, 2.75) is 6.92 Å². The summed E-state index contributed by atoms with van der Waals surface area (Å²) in [6.45, 7) is 2.08. The highest BCUT2D eigenvalue weighted by molar-refractivity contribution is 6.00. The number of nitrogens with zero attached hydrogens (tertiary/aromatic N) is 3. The molecule has 7 aromatic rings. The van der Waals surface area contributed by atoms with Gasteiger partial charge in [0.05, 0.1) is 22.8 Å². The van der Waals surface area contributed by atoms with Crippen LogP contribution in [0.15, 0.2) is 127 Å². The molecule has 2 aliphatic rings. The van der Waals surface area contributed by atoms with Crippen molar-refractivity contribution in [2.75, 3.05) is 0 Å². The molecule has 4 aromatic carbocycles. The first-order valence-corrected chi connectivity index (χ1v) is 17.6. The molecule has 6 N–H and O–H groups in total. The average Bonchev–Trinajstić information content (AvgIpc) is 4.07. The molecule has 266 valence electrons. The molecule has 0 atom stereocenters. The predicted molar refractivity (Wildman–Crippen MR) is 220 cm³/mol. The van der Waals surface area contributed by atoms with E-state index < -0.39 is 0 Å². The zero-order chi connectivity index (χ0) is 37.5. The smallest absolute Gasteiger partial charge is 0.146 e. The van der Waals surface area contributed by atoms with Gasteiger partial charge in [0.1, 0.15) is 17.2 Å². The molecule has 10 nitrogen and oxygen atoms in total. The Bertz CT molecular complexity index is 2830. The number of aryl methyl sites for hydroxylation is 1. The first kappa shape index (κ1) is 33.4. The number of H-pyrrole nitrogens is 2. The summed E-state index contributed by atoms with van der Waals surface area (Å²) >= 11 is 0. The van der Waals surface area contributed by atoms with E-state index in [0.29, 0.717) is 17.2 Å². The number of fused-ring (bicyclic) bond motifs is 8. The van der Waals surface area contributed by atoms with Crippen molar-refractivity contribution < 1.29 is 9.68 Å². The fraction of sp³-hybridized carbons (Fsp3) is 0.0222. The van der Waals surface area contributed by atoms with Gasteiger partial charge < -0.3 is 19.6 Å². The summed E-state index contributed by atoms with van der Waals surface area (Å²) in [6, 6.07) is 39.1. The second kappa shape index (κ2) is 13.9. The van der Waals surface area contributed by atoms with Gasteiger partial charge in [0, 0.05) is 44.3 Å². The highest BCUT2D eigenvalue weighted by Gasteiger charge is 2.19. The Labute approximate surface area is 315 Å². The summed E-state index contributed by atoms with van der Waals surface area (Å²) < 4.78 is 0. The summed E-state index contributed by atoms with van der Waals surface area (Å²) in [5, 5.41) is 3.13. The van der Waals surface area contributed by atoms with Crippen molar-refractivity contribution in [2.24, 2.45) is 17.0 Å². The molecule has 0 aliphatic carbocycles. The van der Waals surface area contributed by atoms with Crippen LogP contribution in [0.1, 0.15) is 28.3 Å². The summed E-state index contributed by atoms with van der Waals surface area (Å²) in [5.74, 6) is 12.1. The highest BCUT2D eigenvalue weighted by atomic mass is 16.6. The van der Waals surface area contributed by atoms with E-state index in [1.54, 1.807) is 12.1 Å². The van der Waals surface area contributed by atoms with Gasteiger partial charge in [0.2, 0.25) is 0 Å². The molecule has 0 spiro atoms. The molecule has 0 amide bonds. The third-order valence-electron chi connectivity index (χ3n) is 9.91. The maximum absolute atomic E-state index is 11.4. The van der Waals surface area contributed by atoms with Crippen molar-refractivity contribution in [1.82, 2.24) is 19.9 Å². The molecule has 5 heterocycles. The van der Waals surface area contributed by atoms with Gasteiger partial charge in [-0.15, -0.1) is 4.91 Å². The molecule has 0 radical (unpaired) electrons. The number of hydrogen-bond donors (Lipinski definition) is 4. The average molecular weight is 720 g/mol. The Morgan fingerprint density at radius 2 is 0.764 bits per heavy atom. The van der Waals surface area contributed by atoms with E-state index in [0.717, 1.165) is 94.9 Å². The second-order valence-corrected chi connectivity index (χ2v) is 13.3. The van der Waals surface area contributed by atoms with Crippen molar-refractivity contribution in [3.05, 3.63) is 155 Å². The Hall–Kier alpha value is -7.40. The zero-order valence-corrected chi connectivity index (χ0v) is 29.6. The van der Waals surface area contributed by atoms with Crippen LogP contribution in [0.25, 0.3) is 90.9 Å². The highest BCUT2D eigenvalue weighted by Crippen LogP contribution is 2.39. The van der Waals surface area contributed by atoms with Crippen LogP contribution in [0.2, 0.25) is 0 Å². The second-order valence-electron chi connectivity index (χ2n) is 13.3. The van der Waals surface area contributed by atoms with Crippen LogP contribution in [0.5, 0.6) is 11.5 Å². The fourth-order valence-corrected chi connectivity index (χ4v) is 7.23. The molecule has 2 aliphatic heterocycles. The maximum atomic E-state index is 11.4. The Balaban J connectivity index is 1.45. The number of nitrogens with one attached hydrogen (secondary N) is 2. The first-order valence-electron chi connectivity index (χ1n) is 17.6. The molecule has 3 aromatic heterocycles. The van der Waals surface area contributed by atoms with Crippen LogP contribution < -0.4 is 21.5 Å². The number of aromatic amines is 2. The van der Waals surface area contributed by atoms with Crippen LogP contribution in [-0.4, -0.2) is 19.9 Å². The van der Waals surface area contributed by atoms with Crippen molar-refractivity contribution in [1.29, 1.82) is 0 Å². The summed E-state index contributed by atoms with van der Waals surface area (Å²) in [5.41, 5.74) is 15.3. The molecular formula is C45H33N7O3. The molecule has 0 fully saturated rings. The number of benzene rings is 4. The lowest BCUT2D eigenvalue weighted by Crippen LogP contribution is -2.01. The number of hydrogen-bond acceptors (Lipinski definition) is 8. The SMILES string of the molecule is Cc1ccc(-c2c3nc(c(-c4ccc(ON)cc4)c4ccc([nH]4)c(-c4ccc(ON)cc4)c4nc(c(-c5ccc(N=O)cc5)c5ccc2[nH]5)C=C4)C=C3)cc1. The van der Waals surface area contributed by atoms with Crippen LogP contribution in [0.3, 0.4) is 0 Å². The lowest BCUT2D eigenvalue weighted by molar-refractivity contribution is 0.334. The maximum Gasteiger partial charge on any atom is 0.146 e. The summed E-state index contributed by atoms with van der Waals surface area (Å²) in [6.07, 6.45) is 8.15. The van der Waals surface area contributed by atoms with Crippen LogP contribution >= 0.6 is 0 Å². The number of rotatable bonds is 7. The van der Waals surface area contributed by atoms with Gasteiger partial charge in [0.15, 0.2) is 0 Å². The van der Waals surface area contributed by atoms with Crippen molar-refractivity contribution in [3.63, 3.8) is 0 Å². The number of nitrogens with two attached hydrogens (primary N) is 2. The van der Waals surface area contributed by atoms with E-state index in [4.69, 9.17) is 31.4 Å². The summed E-state index contributed by atoms with van der Waals surface area (Å²) in [7, 11) is 0. The Morgan fingerprint density at radius 1 is 0.455 bits per heavy atom. The lowest BCUT2D eigenvalue weighted by atomic mass is 10.0. The van der Waals surface area contributed by atoms with E-state index in [9.17, 15) is 4.91 Å². The van der Waals surface area contributed by atoms with Crippen molar-refractivity contribution in [3.8, 4) is 56.0 Å². The quantitative estimate of drug-likeness (QED) is 0.0942. The normalized spacial score (nSPS) is 11.8. The zero-order valence-electron chi connectivity index (χ0n) is 29.6. The van der Waals surface area contributed by atoms with E-state index in [2.05, 4.69) is 82.8 Å². The lowest BCUT2D eigenvalue weighted by Gasteiger charge is -2.08. The molecule has 0 saturated heterocycles. The first-order chi connectivity index (χ1) is 27.0. The van der Waals surface area contributed by atoms with Gasteiger partial charge in [-0.25, -0.2) is 9.97 Å². The van der Waals surface area contributed by atoms with Crippen LogP contribution in [0.4, 0.5) is 5.69 Å². The minimum atomic E-state index is 0.344. The van der Waals surface area contributed by atoms with Crippen LogP contribution in [-0.2, 0) is 0 Å². The molecule has 55 heavy (non-hydrogen) atoms. The van der Waals surface area contributed by atoms with Crippen LogP contribution in [0, 0.1) is 11.8 Å².